The highest BCUT2D eigenvalue weighted by atomic mass is 16.2. The fourth-order valence-corrected chi connectivity index (χ4v) is 2.69. The zero-order valence-electron chi connectivity index (χ0n) is 12.6. The third kappa shape index (κ3) is 3.13. The minimum absolute atomic E-state index is 0.0662. The van der Waals surface area contributed by atoms with Gasteiger partial charge in [0, 0.05) is 23.4 Å². The SMILES string of the molecule is CC(=O)c1cccc(NC(=O)C2CC(=O)Nc3ccccc32)c1. The maximum Gasteiger partial charge on any atom is 0.232 e. The Morgan fingerprint density at radius 2 is 1.91 bits per heavy atom. The van der Waals surface area contributed by atoms with Crippen molar-refractivity contribution < 1.29 is 14.4 Å². The molecule has 0 saturated carbocycles. The second kappa shape index (κ2) is 6.04. The Morgan fingerprint density at radius 1 is 1.13 bits per heavy atom. The highest BCUT2D eigenvalue weighted by Crippen LogP contribution is 2.32. The number of nitrogens with one attached hydrogen (secondary N) is 2. The molecule has 2 N–H and O–H groups in total. The summed E-state index contributed by atoms with van der Waals surface area (Å²) < 4.78 is 0. The van der Waals surface area contributed by atoms with E-state index >= 15 is 0 Å². The van der Waals surface area contributed by atoms with Gasteiger partial charge in [-0.3, -0.25) is 14.4 Å². The Labute approximate surface area is 133 Å². The molecule has 0 aromatic heterocycles. The number of carbonyl (C=O) groups excluding carboxylic acids is 3. The third-order valence-corrected chi connectivity index (χ3v) is 3.85. The molecule has 5 heteroatoms. The van der Waals surface area contributed by atoms with E-state index in [-0.39, 0.29) is 24.0 Å². The van der Waals surface area contributed by atoms with Crippen LogP contribution in [0.3, 0.4) is 0 Å². The Balaban J connectivity index is 1.85. The van der Waals surface area contributed by atoms with Gasteiger partial charge >= 0.3 is 0 Å². The van der Waals surface area contributed by atoms with Crippen LogP contribution in [0.2, 0.25) is 0 Å². The van der Waals surface area contributed by atoms with Crippen molar-refractivity contribution in [1.82, 2.24) is 0 Å². The van der Waals surface area contributed by atoms with Gasteiger partial charge < -0.3 is 10.6 Å². The average molecular weight is 308 g/mol. The molecule has 1 aliphatic rings. The predicted octanol–water partition coefficient (Wildman–Crippen LogP) is 2.95. The van der Waals surface area contributed by atoms with Gasteiger partial charge in [-0.2, -0.15) is 0 Å². The number of benzene rings is 2. The zero-order chi connectivity index (χ0) is 16.4. The predicted molar refractivity (Wildman–Crippen MR) is 87.5 cm³/mol. The van der Waals surface area contributed by atoms with E-state index in [1.54, 1.807) is 30.3 Å². The number of carbonyl (C=O) groups is 3. The van der Waals surface area contributed by atoms with E-state index in [1.165, 1.54) is 6.92 Å². The molecule has 0 spiro atoms. The van der Waals surface area contributed by atoms with Crippen molar-refractivity contribution in [2.75, 3.05) is 10.6 Å². The molecule has 3 rings (SSSR count). The quantitative estimate of drug-likeness (QED) is 0.856. The van der Waals surface area contributed by atoms with Crippen LogP contribution < -0.4 is 10.6 Å². The molecule has 2 aromatic rings. The van der Waals surface area contributed by atoms with Crippen LogP contribution in [0, 0.1) is 0 Å². The Kier molecular flexibility index (Phi) is 3.93. The monoisotopic (exact) mass is 308 g/mol. The third-order valence-electron chi connectivity index (χ3n) is 3.85. The molecule has 0 bridgehead atoms. The van der Waals surface area contributed by atoms with Crippen LogP contribution in [-0.2, 0) is 9.59 Å². The lowest BCUT2D eigenvalue weighted by Crippen LogP contribution is -2.30. The van der Waals surface area contributed by atoms with E-state index in [0.717, 1.165) is 5.56 Å². The Bertz CT molecular complexity index is 798. The standard InChI is InChI=1S/C18H16N2O3/c1-11(21)12-5-4-6-13(9-12)19-18(23)15-10-17(22)20-16-8-3-2-7-14(15)16/h2-9,15H,10H2,1H3,(H,19,23)(H,20,22). The van der Waals surface area contributed by atoms with Crippen molar-refractivity contribution >= 4 is 29.0 Å². The lowest BCUT2D eigenvalue weighted by Gasteiger charge is -2.24. The van der Waals surface area contributed by atoms with Gasteiger partial charge in [0.25, 0.3) is 0 Å². The summed E-state index contributed by atoms with van der Waals surface area (Å²) in [5, 5.41) is 5.57. The number of anilines is 2. The Hall–Kier alpha value is -2.95. The summed E-state index contributed by atoms with van der Waals surface area (Å²) in [5.74, 6) is -1.04. The topological polar surface area (TPSA) is 75.3 Å². The molecular weight excluding hydrogens is 292 g/mol. The van der Waals surface area contributed by atoms with Crippen molar-refractivity contribution in [3.63, 3.8) is 0 Å². The average Bonchev–Trinajstić information content (AvgIpc) is 2.54. The summed E-state index contributed by atoms with van der Waals surface area (Å²) in [6.45, 7) is 1.47. The highest BCUT2D eigenvalue weighted by Gasteiger charge is 2.30. The maximum atomic E-state index is 12.6. The molecule has 1 unspecified atom stereocenters. The van der Waals surface area contributed by atoms with E-state index in [2.05, 4.69) is 10.6 Å². The summed E-state index contributed by atoms with van der Waals surface area (Å²) in [6, 6.07) is 14.0. The van der Waals surface area contributed by atoms with Crippen LogP contribution in [0.4, 0.5) is 11.4 Å². The van der Waals surface area contributed by atoms with Gasteiger partial charge in [-0.1, -0.05) is 30.3 Å². The summed E-state index contributed by atoms with van der Waals surface area (Å²) >= 11 is 0. The van der Waals surface area contributed by atoms with Crippen LogP contribution in [0.15, 0.2) is 48.5 Å². The maximum absolute atomic E-state index is 12.6. The molecule has 0 fully saturated rings. The number of hydrogen-bond acceptors (Lipinski definition) is 3. The summed E-state index contributed by atoms with van der Waals surface area (Å²) in [6.07, 6.45) is 0.106. The highest BCUT2D eigenvalue weighted by molar-refractivity contribution is 6.05. The van der Waals surface area contributed by atoms with Gasteiger partial charge in [0.05, 0.1) is 5.92 Å². The first kappa shape index (κ1) is 15.0. The molecule has 5 nitrogen and oxygen atoms in total. The second-order valence-corrected chi connectivity index (χ2v) is 5.52. The lowest BCUT2D eigenvalue weighted by molar-refractivity contribution is -0.123. The first-order valence-corrected chi connectivity index (χ1v) is 7.35. The number of fused-ring (bicyclic) bond motifs is 1. The van der Waals surface area contributed by atoms with E-state index in [4.69, 9.17) is 0 Å². The van der Waals surface area contributed by atoms with Gasteiger partial charge in [0.2, 0.25) is 11.8 Å². The molecule has 0 aliphatic carbocycles. The molecule has 1 aliphatic heterocycles. The molecule has 2 amide bonds. The molecule has 0 radical (unpaired) electrons. The summed E-state index contributed by atoms with van der Waals surface area (Å²) in [5.41, 5.74) is 2.55. The fourth-order valence-electron chi connectivity index (χ4n) is 2.69. The molecule has 0 saturated heterocycles. The van der Waals surface area contributed by atoms with E-state index < -0.39 is 5.92 Å². The molecule has 2 aromatic carbocycles. The van der Waals surface area contributed by atoms with Crippen LogP contribution in [-0.4, -0.2) is 17.6 Å². The van der Waals surface area contributed by atoms with Gasteiger partial charge in [-0.15, -0.1) is 0 Å². The van der Waals surface area contributed by atoms with E-state index in [1.807, 2.05) is 18.2 Å². The van der Waals surface area contributed by atoms with Gasteiger partial charge in [-0.05, 0) is 30.7 Å². The molecular formula is C18H16N2O3. The minimum atomic E-state index is -0.541. The normalized spacial score (nSPS) is 16.2. The van der Waals surface area contributed by atoms with Crippen LogP contribution in [0.1, 0.15) is 35.2 Å². The van der Waals surface area contributed by atoms with E-state index in [9.17, 15) is 14.4 Å². The smallest absolute Gasteiger partial charge is 0.232 e. The first-order valence-electron chi connectivity index (χ1n) is 7.35. The second-order valence-electron chi connectivity index (χ2n) is 5.52. The number of rotatable bonds is 3. The van der Waals surface area contributed by atoms with Crippen LogP contribution >= 0.6 is 0 Å². The van der Waals surface area contributed by atoms with Crippen molar-refractivity contribution in [2.45, 2.75) is 19.3 Å². The Morgan fingerprint density at radius 3 is 2.70 bits per heavy atom. The number of hydrogen-bond donors (Lipinski definition) is 2. The van der Waals surface area contributed by atoms with Crippen LogP contribution in [0.5, 0.6) is 0 Å². The fraction of sp³-hybridized carbons (Fsp3) is 0.167. The zero-order valence-corrected chi connectivity index (χ0v) is 12.6. The number of Topliss-reactive ketones (excluding diaryl/α,β-unsaturated/α-hetero) is 1. The van der Waals surface area contributed by atoms with Gasteiger partial charge in [0.15, 0.2) is 5.78 Å². The number of ketones is 1. The molecule has 23 heavy (non-hydrogen) atoms. The van der Waals surface area contributed by atoms with Crippen molar-refractivity contribution in [1.29, 1.82) is 0 Å². The summed E-state index contributed by atoms with van der Waals surface area (Å²) in [4.78, 5) is 35.8. The molecule has 1 atom stereocenters. The number of amides is 2. The van der Waals surface area contributed by atoms with Crippen molar-refractivity contribution in [3.05, 3.63) is 59.7 Å². The largest absolute Gasteiger partial charge is 0.326 e. The van der Waals surface area contributed by atoms with Crippen molar-refractivity contribution in [2.24, 2.45) is 0 Å². The molecule has 116 valence electrons. The number of para-hydroxylation sites is 1. The molecule has 1 heterocycles. The lowest BCUT2D eigenvalue weighted by atomic mass is 9.89. The minimum Gasteiger partial charge on any atom is -0.326 e. The first-order chi connectivity index (χ1) is 11.0. The van der Waals surface area contributed by atoms with Crippen molar-refractivity contribution in [3.8, 4) is 0 Å². The van der Waals surface area contributed by atoms with Gasteiger partial charge in [0.1, 0.15) is 0 Å². The van der Waals surface area contributed by atoms with E-state index in [0.29, 0.717) is 16.9 Å². The van der Waals surface area contributed by atoms with Crippen LogP contribution in [0.25, 0.3) is 0 Å². The summed E-state index contributed by atoms with van der Waals surface area (Å²) in [7, 11) is 0. The van der Waals surface area contributed by atoms with Gasteiger partial charge in [-0.25, -0.2) is 0 Å².